The summed E-state index contributed by atoms with van der Waals surface area (Å²) in [4.78, 5) is 11.2. The van der Waals surface area contributed by atoms with E-state index in [-0.39, 0.29) is 6.79 Å². The van der Waals surface area contributed by atoms with E-state index < -0.39 is 12.1 Å². The molecule has 0 radical (unpaired) electrons. The quantitative estimate of drug-likeness (QED) is 0.599. The number of hydrogen-bond acceptors (Lipinski definition) is 3. The molecule has 0 saturated heterocycles. The normalized spacial score (nSPS) is 12.0. The van der Waals surface area contributed by atoms with Crippen LogP contribution in [0.5, 0.6) is 0 Å². The Bertz CT molecular complexity index is 539. The summed E-state index contributed by atoms with van der Waals surface area (Å²) < 4.78 is 10.7. The standard InChI is InChI=1S/C17H18O4/c18-17(19)16(11-14-7-3-1-4-8-14)21-13-20-12-15-9-5-2-6-10-15/h1-10,16H,11-13H2,(H,18,19)/t16-/m0/s1. The highest BCUT2D eigenvalue weighted by Crippen LogP contribution is 2.07. The van der Waals surface area contributed by atoms with E-state index in [0.717, 1.165) is 11.1 Å². The smallest absolute Gasteiger partial charge is 0.333 e. The van der Waals surface area contributed by atoms with Gasteiger partial charge in [-0.25, -0.2) is 4.79 Å². The maximum absolute atomic E-state index is 11.2. The van der Waals surface area contributed by atoms with E-state index in [0.29, 0.717) is 13.0 Å². The number of carbonyl (C=O) groups is 1. The monoisotopic (exact) mass is 286 g/mol. The van der Waals surface area contributed by atoms with Crippen molar-refractivity contribution in [3.05, 3.63) is 71.8 Å². The van der Waals surface area contributed by atoms with Crippen molar-refractivity contribution in [2.24, 2.45) is 0 Å². The Labute approximate surface area is 123 Å². The van der Waals surface area contributed by atoms with Gasteiger partial charge >= 0.3 is 5.97 Å². The van der Waals surface area contributed by atoms with Crippen molar-refractivity contribution in [1.29, 1.82) is 0 Å². The number of hydrogen-bond donors (Lipinski definition) is 1. The lowest BCUT2D eigenvalue weighted by Crippen LogP contribution is -2.27. The summed E-state index contributed by atoms with van der Waals surface area (Å²) in [6.45, 7) is 0.358. The largest absolute Gasteiger partial charge is 0.479 e. The second-order valence-corrected chi connectivity index (χ2v) is 4.64. The molecule has 1 atom stereocenters. The lowest BCUT2D eigenvalue weighted by atomic mass is 10.1. The highest BCUT2D eigenvalue weighted by atomic mass is 16.7. The minimum absolute atomic E-state index is 0.0430. The lowest BCUT2D eigenvalue weighted by Gasteiger charge is -2.14. The minimum Gasteiger partial charge on any atom is -0.479 e. The molecule has 0 amide bonds. The molecule has 0 fully saturated rings. The van der Waals surface area contributed by atoms with Gasteiger partial charge in [-0.15, -0.1) is 0 Å². The third-order valence-corrected chi connectivity index (χ3v) is 3.00. The molecule has 0 aliphatic rings. The first kappa shape index (κ1) is 15.2. The van der Waals surface area contributed by atoms with Crippen LogP contribution in [0.15, 0.2) is 60.7 Å². The predicted octanol–water partition coefficient (Wildman–Crippen LogP) is 2.87. The Hall–Kier alpha value is -2.17. The first-order chi connectivity index (χ1) is 10.3. The Morgan fingerprint density at radius 3 is 2.10 bits per heavy atom. The second-order valence-electron chi connectivity index (χ2n) is 4.64. The van der Waals surface area contributed by atoms with Gasteiger partial charge in [-0.3, -0.25) is 0 Å². The average molecular weight is 286 g/mol. The highest BCUT2D eigenvalue weighted by molar-refractivity contribution is 5.72. The molecule has 0 aliphatic carbocycles. The van der Waals surface area contributed by atoms with Gasteiger partial charge in [0.25, 0.3) is 0 Å². The van der Waals surface area contributed by atoms with Crippen LogP contribution in [0.4, 0.5) is 0 Å². The second kappa shape index (κ2) is 8.19. The van der Waals surface area contributed by atoms with Crippen LogP contribution in [0.3, 0.4) is 0 Å². The van der Waals surface area contributed by atoms with Crippen LogP contribution >= 0.6 is 0 Å². The van der Waals surface area contributed by atoms with Crippen molar-refractivity contribution in [3.8, 4) is 0 Å². The van der Waals surface area contributed by atoms with Gasteiger partial charge in [0.05, 0.1) is 6.61 Å². The van der Waals surface area contributed by atoms with Crippen molar-refractivity contribution in [2.75, 3.05) is 6.79 Å². The van der Waals surface area contributed by atoms with E-state index in [1.54, 1.807) is 0 Å². The Balaban J connectivity index is 1.77. The lowest BCUT2D eigenvalue weighted by molar-refractivity contribution is -0.161. The Kier molecular flexibility index (Phi) is 5.94. The van der Waals surface area contributed by atoms with Gasteiger partial charge in [0.15, 0.2) is 6.10 Å². The number of benzene rings is 2. The molecule has 0 unspecified atom stereocenters. The average Bonchev–Trinajstić information content (AvgIpc) is 2.52. The molecule has 0 aliphatic heterocycles. The van der Waals surface area contributed by atoms with Gasteiger partial charge in [-0.2, -0.15) is 0 Å². The minimum atomic E-state index is -0.984. The summed E-state index contributed by atoms with van der Waals surface area (Å²) in [6, 6.07) is 19.1. The molecule has 0 bridgehead atoms. The van der Waals surface area contributed by atoms with E-state index in [2.05, 4.69) is 0 Å². The van der Waals surface area contributed by atoms with Crippen molar-refractivity contribution in [3.63, 3.8) is 0 Å². The molecule has 0 aromatic heterocycles. The van der Waals surface area contributed by atoms with E-state index in [9.17, 15) is 9.90 Å². The third kappa shape index (κ3) is 5.38. The molecule has 1 N–H and O–H groups in total. The first-order valence-electron chi connectivity index (χ1n) is 6.75. The van der Waals surface area contributed by atoms with Crippen LogP contribution in [0.25, 0.3) is 0 Å². The van der Waals surface area contributed by atoms with Gasteiger partial charge in [0.2, 0.25) is 0 Å². The van der Waals surface area contributed by atoms with Crippen molar-refractivity contribution in [2.45, 2.75) is 19.1 Å². The number of rotatable bonds is 8. The highest BCUT2D eigenvalue weighted by Gasteiger charge is 2.18. The number of carboxylic acids is 1. The molecule has 0 spiro atoms. The summed E-state index contributed by atoms with van der Waals surface area (Å²) in [5.74, 6) is -0.984. The number of aliphatic carboxylic acids is 1. The van der Waals surface area contributed by atoms with Crippen LogP contribution < -0.4 is 0 Å². The molecule has 4 heteroatoms. The van der Waals surface area contributed by atoms with Crippen LogP contribution in [-0.2, 0) is 27.3 Å². The fraction of sp³-hybridized carbons (Fsp3) is 0.235. The van der Waals surface area contributed by atoms with Gasteiger partial charge < -0.3 is 14.6 Å². The molecule has 0 heterocycles. The Morgan fingerprint density at radius 1 is 0.952 bits per heavy atom. The number of carboxylic acid groups (broad SMARTS) is 1. The van der Waals surface area contributed by atoms with Crippen LogP contribution in [-0.4, -0.2) is 24.0 Å². The van der Waals surface area contributed by atoms with E-state index in [1.807, 2.05) is 60.7 Å². The molecular formula is C17H18O4. The summed E-state index contributed by atoms with van der Waals surface area (Å²) >= 11 is 0. The van der Waals surface area contributed by atoms with E-state index >= 15 is 0 Å². The maximum atomic E-state index is 11.2. The van der Waals surface area contributed by atoms with Gasteiger partial charge in [0, 0.05) is 6.42 Å². The summed E-state index contributed by atoms with van der Waals surface area (Å²) in [7, 11) is 0. The van der Waals surface area contributed by atoms with Gasteiger partial charge in [-0.1, -0.05) is 60.7 Å². The molecule has 4 nitrogen and oxygen atoms in total. The summed E-state index contributed by atoms with van der Waals surface area (Å²) in [6.07, 6.45) is -0.576. The van der Waals surface area contributed by atoms with Crippen LogP contribution in [0.2, 0.25) is 0 Å². The van der Waals surface area contributed by atoms with Crippen LogP contribution in [0.1, 0.15) is 11.1 Å². The zero-order valence-corrected chi connectivity index (χ0v) is 11.6. The molecule has 21 heavy (non-hydrogen) atoms. The van der Waals surface area contributed by atoms with Gasteiger partial charge in [0.1, 0.15) is 6.79 Å². The molecule has 0 saturated carbocycles. The number of ether oxygens (including phenoxy) is 2. The topological polar surface area (TPSA) is 55.8 Å². The maximum Gasteiger partial charge on any atom is 0.333 e. The van der Waals surface area contributed by atoms with E-state index in [1.165, 1.54) is 0 Å². The zero-order valence-electron chi connectivity index (χ0n) is 11.6. The fourth-order valence-electron chi connectivity index (χ4n) is 1.91. The first-order valence-corrected chi connectivity index (χ1v) is 6.75. The molecule has 2 aromatic carbocycles. The molecule has 2 rings (SSSR count). The summed E-state index contributed by atoms with van der Waals surface area (Å²) in [5, 5.41) is 9.17. The van der Waals surface area contributed by atoms with Crippen molar-refractivity contribution in [1.82, 2.24) is 0 Å². The predicted molar refractivity (Wildman–Crippen MR) is 78.8 cm³/mol. The fourth-order valence-corrected chi connectivity index (χ4v) is 1.91. The third-order valence-electron chi connectivity index (χ3n) is 3.00. The van der Waals surface area contributed by atoms with Crippen LogP contribution in [0, 0.1) is 0 Å². The zero-order chi connectivity index (χ0) is 14.9. The summed E-state index contributed by atoms with van der Waals surface area (Å²) in [5.41, 5.74) is 1.95. The van der Waals surface area contributed by atoms with Crippen molar-refractivity contribution >= 4 is 5.97 Å². The Morgan fingerprint density at radius 2 is 1.52 bits per heavy atom. The molecular weight excluding hydrogens is 268 g/mol. The molecule has 110 valence electrons. The van der Waals surface area contributed by atoms with Crippen molar-refractivity contribution < 1.29 is 19.4 Å². The molecule has 2 aromatic rings. The SMILES string of the molecule is O=C(O)[C@H](Cc1ccccc1)OCOCc1ccccc1. The van der Waals surface area contributed by atoms with Gasteiger partial charge in [-0.05, 0) is 11.1 Å². The van der Waals surface area contributed by atoms with E-state index in [4.69, 9.17) is 9.47 Å².